The number of carbonyl (C=O) groups is 2. The number of benzene rings is 1. The molecule has 0 radical (unpaired) electrons. The molecule has 1 unspecified atom stereocenters. The minimum absolute atomic E-state index is 0. The van der Waals surface area contributed by atoms with E-state index in [1.165, 1.54) is 0 Å². The molecule has 0 aliphatic carbocycles. The van der Waals surface area contributed by atoms with Crippen LogP contribution in [0.2, 0.25) is 5.02 Å². The molecule has 1 aromatic rings. The van der Waals surface area contributed by atoms with E-state index in [1.54, 1.807) is 6.08 Å². The molecule has 3 N–H and O–H groups in total. The smallest absolute Gasteiger partial charge is 0.290 e. The van der Waals surface area contributed by atoms with Gasteiger partial charge in [0.15, 0.2) is 0 Å². The Hall–Kier alpha value is -1.21. The largest absolute Gasteiger partial charge is 0.368 e. The molecule has 2 aliphatic rings. The van der Waals surface area contributed by atoms with Gasteiger partial charge in [-0.2, -0.15) is 0 Å². The van der Waals surface area contributed by atoms with E-state index in [-0.39, 0.29) is 29.6 Å². The Morgan fingerprint density at radius 1 is 1.39 bits per heavy atom. The molecule has 0 aromatic heterocycles. The van der Waals surface area contributed by atoms with Gasteiger partial charge in [0.1, 0.15) is 0 Å². The average molecular weight is 374 g/mol. The van der Waals surface area contributed by atoms with Gasteiger partial charge in [0, 0.05) is 24.7 Å². The highest BCUT2D eigenvalue weighted by Gasteiger charge is 2.26. The molecule has 2 amide bonds. The van der Waals surface area contributed by atoms with E-state index < -0.39 is 0 Å². The van der Waals surface area contributed by atoms with Crippen molar-refractivity contribution in [1.82, 2.24) is 5.32 Å². The summed E-state index contributed by atoms with van der Waals surface area (Å²) in [4.78, 5) is 25.6. The summed E-state index contributed by atoms with van der Waals surface area (Å²) in [5.41, 5.74) is 7.76. The molecule has 0 saturated carbocycles. The van der Waals surface area contributed by atoms with E-state index in [9.17, 15) is 9.59 Å². The van der Waals surface area contributed by atoms with Crippen LogP contribution in [0.25, 0.3) is 6.08 Å². The highest BCUT2D eigenvalue weighted by atomic mass is 35.5. The number of anilines is 1. The topological polar surface area (TPSA) is 75.4 Å². The van der Waals surface area contributed by atoms with Gasteiger partial charge in [-0.15, -0.1) is 12.4 Å². The summed E-state index contributed by atoms with van der Waals surface area (Å²) < 4.78 is 0. The standard InChI is InChI=1S/C15H16ClN3O2S.ClH/c16-11-5-1-3-9(7-12-14(20)18-15(21)22-12)13(11)19-6-2-4-10(17)8-19;/h1,3,5,7,10H,2,4,6,8,17H2,(H,18,20,21);1H. The van der Waals surface area contributed by atoms with Crippen LogP contribution in [-0.2, 0) is 4.79 Å². The van der Waals surface area contributed by atoms with E-state index in [0.29, 0.717) is 9.93 Å². The number of piperidine rings is 1. The van der Waals surface area contributed by atoms with Gasteiger partial charge in [-0.25, -0.2) is 0 Å². The Labute approximate surface area is 150 Å². The molecule has 2 heterocycles. The van der Waals surface area contributed by atoms with Crippen molar-refractivity contribution in [2.45, 2.75) is 18.9 Å². The average Bonchev–Trinajstić information content (AvgIpc) is 2.77. The van der Waals surface area contributed by atoms with Crippen molar-refractivity contribution in [2.75, 3.05) is 18.0 Å². The van der Waals surface area contributed by atoms with Crippen molar-refractivity contribution in [3.8, 4) is 0 Å². The summed E-state index contributed by atoms with van der Waals surface area (Å²) in [5.74, 6) is -0.365. The summed E-state index contributed by atoms with van der Waals surface area (Å²) >= 11 is 7.28. The Bertz CT molecular complexity index is 666. The molecule has 1 atom stereocenters. The number of thioether (sulfide) groups is 1. The first-order chi connectivity index (χ1) is 10.5. The molecule has 0 spiro atoms. The predicted molar refractivity (Wildman–Crippen MR) is 97.2 cm³/mol. The van der Waals surface area contributed by atoms with E-state index >= 15 is 0 Å². The zero-order valence-corrected chi connectivity index (χ0v) is 14.6. The maximum Gasteiger partial charge on any atom is 0.290 e. The molecule has 2 fully saturated rings. The van der Waals surface area contributed by atoms with Gasteiger partial charge in [0.2, 0.25) is 0 Å². The summed E-state index contributed by atoms with van der Waals surface area (Å²) in [6, 6.07) is 5.68. The number of halogens is 2. The number of imide groups is 1. The first-order valence-corrected chi connectivity index (χ1v) is 8.28. The summed E-state index contributed by atoms with van der Waals surface area (Å²) in [6.45, 7) is 1.62. The number of hydrogen-bond donors (Lipinski definition) is 2. The molecule has 23 heavy (non-hydrogen) atoms. The molecule has 0 bridgehead atoms. The van der Waals surface area contributed by atoms with Crippen molar-refractivity contribution in [2.24, 2.45) is 5.73 Å². The van der Waals surface area contributed by atoms with Crippen LogP contribution in [0.15, 0.2) is 23.1 Å². The minimum atomic E-state index is -0.365. The maximum atomic E-state index is 11.7. The molecule has 1 aromatic carbocycles. The molecule has 124 valence electrons. The highest BCUT2D eigenvalue weighted by Crippen LogP contribution is 2.35. The van der Waals surface area contributed by atoms with Crippen LogP contribution in [0.3, 0.4) is 0 Å². The first-order valence-electron chi connectivity index (χ1n) is 7.08. The number of nitrogens with zero attached hydrogens (tertiary/aromatic N) is 1. The minimum Gasteiger partial charge on any atom is -0.368 e. The molecule has 2 aliphatic heterocycles. The summed E-state index contributed by atoms with van der Waals surface area (Å²) in [5, 5.41) is 2.53. The van der Waals surface area contributed by atoms with Crippen LogP contribution in [0, 0.1) is 0 Å². The lowest BCUT2D eigenvalue weighted by Crippen LogP contribution is -2.43. The Morgan fingerprint density at radius 2 is 2.17 bits per heavy atom. The number of para-hydroxylation sites is 1. The Morgan fingerprint density at radius 3 is 2.83 bits per heavy atom. The van der Waals surface area contributed by atoms with Crippen molar-refractivity contribution < 1.29 is 9.59 Å². The monoisotopic (exact) mass is 373 g/mol. The number of rotatable bonds is 2. The number of amides is 2. The molecule has 2 saturated heterocycles. The van der Waals surface area contributed by atoms with Crippen molar-refractivity contribution >= 4 is 58.7 Å². The number of nitrogens with two attached hydrogens (primary N) is 1. The van der Waals surface area contributed by atoms with Gasteiger partial charge in [-0.05, 0) is 36.7 Å². The number of carbonyl (C=O) groups excluding carboxylic acids is 2. The quantitative estimate of drug-likeness (QED) is 0.779. The lowest BCUT2D eigenvalue weighted by molar-refractivity contribution is -0.115. The van der Waals surface area contributed by atoms with Crippen molar-refractivity contribution in [3.63, 3.8) is 0 Å². The molecule has 3 rings (SSSR count). The van der Waals surface area contributed by atoms with Gasteiger partial charge in [-0.3, -0.25) is 14.9 Å². The fraction of sp³-hybridized carbons (Fsp3) is 0.333. The third kappa shape index (κ3) is 4.01. The van der Waals surface area contributed by atoms with Crippen LogP contribution in [-0.4, -0.2) is 30.3 Å². The van der Waals surface area contributed by atoms with Crippen molar-refractivity contribution in [3.05, 3.63) is 33.7 Å². The van der Waals surface area contributed by atoms with Gasteiger partial charge in [-0.1, -0.05) is 23.7 Å². The van der Waals surface area contributed by atoms with Crippen molar-refractivity contribution in [1.29, 1.82) is 0 Å². The third-order valence-electron chi connectivity index (χ3n) is 3.72. The number of nitrogens with one attached hydrogen (secondary N) is 1. The normalized spacial score (nSPS) is 23.0. The zero-order valence-electron chi connectivity index (χ0n) is 12.3. The van der Waals surface area contributed by atoms with E-state index in [2.05, 4.69) is 10.2 Å². The predicted octanol–water partition coefficient (Wildman–Crippen LogP) is 3.01. The second kappa shape index (κ2) is 7.57. The SMILES string of the molecule is Cl.NC1CCCN(c2c(Cl)cccc2C=C2SC(=O)NC2=O)C1. The summed E-state index contributed by atoms with van der Waals surface area (Å²) in [6.07, 6.45) is 3.73. The lowest BCUT2D eigenvalue weighted by Gasteiger charge is -2.34. The first kappa shape index (κ1) is 18.1. The second-order valence-electron chi connectivity index (χ2n) is 5.38. The molecular formula is C15H17Cl2N3O2S. The summed E-state index contributed by atoms with van der Waals surface area (Å²) in [7, 11) is 0. The van der Waals surface area contributed by atoms with E-state index in [1.807, 2.05) is 18.2 Å². The second-order valence-corrected chi connectivity index (χ2v) is 6.80. The van der Waals surface area contributed by atoms with Crippen LogP contribution in [0.5, 0.6) is 0 Å². The molecule has 8 heteroatoms. The van der Waals surface area contributed by atoms with Crippen LogP contribution < -0.4 is 16.0 Å². The Kier molecular flexibility index (Phi) is 5.97. The number of hydrogen-bond acceptors (Lipinski definition) is 5. The van der Waals surface area contributed by atoms with Crippen LogP contribution in [0.4, 0.5) is 10.5 Å². The van der Waals surface area contributed by atoms with Gasteiger partial charge >= 0.3 is 0 Å². The van der Waals surface area contributed by atoms with Crippen LogP contribution >= 0.6 is 35.8 Å². The van der Waals surface area contributed by atoms with Gasteiger partial charge in [0.05, 0.1) is 15.6 Å². The lowest BCUT2D eigenvalue weighted by atomic mass is 10.0. The molecule has 5 nitrogen and oxygen atoms in total. The molecular weight excluding hydrogens is 357 g/mol. The van der Waals surface area contributed by atoms with E-state index in [0.717, 1.165) is 48.9 Å². The van der Waals surface area contributed by atoms with Gasteiger partial charge in [0.25, 0.3) is 11.1 Å². The van der Waals surface area contributed by atoms with Gasteiger partial charge < -0.3 is 10.6 Å². The third-order valence-corrected chi connectivity index (χ3v) is 4.84. The fourth-order valence-corrected chi connectivity index (χ4v) is 3.73. The van der Waals surface area contributed by atoms with Crippen LogP contribution in [0.1, 0.15) is 18.4 Å². The zero-order chi connectivity index (χ0) is 15.7. The van der Waals surface area contributed by atoms with E-state index in [4.69, 9.17) is 17.3 Å². The maximum absolute atomic E-state index is 11.7. The fourth-order valence-electron chi connectivity index (χ4n) is 2.76. The highest BCUT2D eigenvalue weighted by molar-refractivity contribution is 8.18. The Balaban J connectivity index is 0.00000192.